The number of halogens is 1. The van der Waals surface area contributed by atoms with E-state index in [9.17, 15) is 0 Å². The lowest BCUT2D eigenvalue weighted by molar-refractivity contribution is 0.625. The van der Waals surface area contributed by atoms with Gasteiger partial charge in [-0.3, -0.25) is 0 Å². The Morgan fingerprint density at radius 1 is 1.04 bits per heavy atom. The molecule has 24 heavy (non-hydrogen) atoms. The number of para-hydroxylation sites is 1. The van der Waals surface area contributed by atoms with E-state index in [1.807, 2.05) is 36.4 Å². The fourth-order valence-electron chi connectivity index (χ4n) is 2.80. The largest absolute Gasteiger partial charge is 0.453 e. The molecule has 0 saturated carbocycles. The summed E-state index contributed by atoms with van der Waals surface area (Å²) in [5.41, 5.74) is 8.10. The summed E-state index contributed by atoms with van der Waals surface area (Å²) < 4.78 is 7.33. The lowest BCUT2D eigenvalue weighted by Gasteiger charge is -2.02. The molecule has 6 nitrogen and oxygen atoms in total. The Morgan fingerprint density at radius 3 is 2.79 bits per heavy atom. The number of benzene rings is 2. The molecule has 0 aliphatic heterocycles. The lowest BCUT2D eigenvalue weighted by atomic mass is 10.2. The zero-order valence-corrected chi connectivity index (χ0v) is 13.0. The molecule has 0 radical (unpaired) electrons. The van der Waals surface area contributed by atoms with Crippen LogP contribution in [-0.4, -0.2) is 19.6 Å². The predicted molar refractivity (Wildman–Crippen MR) is 92.9 cm³/mol. The Morgan fingerprint density at radius 2 is 1.92 bits per heavy atom. The molecule has 0 aliphatic carbocycles. The molecule has 2 N–H and O–H groups in total. The molecule has 3 heterocycles. The van der Waals surface area contributed by atoms with Crippen LogP contribution in [0.5, 0.6) is 0 Å². The highest BCUT2D eigenvalue weighted by Crippen LogP contribution is 2.28. The number of fused-ring (bicyclic) bond motifs is 4. The maximum absolute atomic E-state index is 6.10. The average Bonchev–Trinajstić information content (AvgIpc) is 3.20. The number of nitrogen functional groups attached to an aromatic ring is 1. The van der Waals surface area contributed by atoms with Gasteiger partial charge < -0.3 is 10.2 Å². The van der Waals surface area contributed by atoms with Gasteiger partial charge in [0.1, 0.15) is 5.58 Å². The van der Waals surface area contributed by atoms with Crippen LogP contribution in [0.15, 0.2) is 52.9 Å². The number of anilines is 1. The molecule has 5 aromatic rings. The van der Waals surface area contributed by atoms with Crippen LogP contribution >= 0.6 is 11.6 Å². The summed E-state index contributed by atoms with van der Waals surface area (Å²) in [6.07, 6.45) is 0. The Hall–Kier alpha value is -3.12. The van der Waals surface area contributed by atoms with Crippen molar-refractivity contribution in [3.63, 3.8) is 0 Å². The summed E-state index contributed by atoms with van der Waals surface area (Å²) in [6, 6.07) is 15.0. The van der Waals surface area contributed by atoms with E-state index in [0.29, 0.717) is 27.8 Å². The molecule has 5 rings (SSSR count). The number of hydrogen-bond acceptors (Lipinski definition) is 5. The summed E-state index contributed by atoms with van der Waals surface area (Å²) in [4.78, 5) is 8.93. The first-order chi connectivity index (χ1) is 11.7. The second-order valence-electron chi connectivity index (χ2n) is 5.45. The highest BCUT2D eigenvalue weighted by molar-refractivity contribution is 6.31. The minimum Gasteiger partial charge on any atom is -0.453 e. The molecule has 116 valence electrons. The number of nitrogens with two attached hydrogens (primary N) is 1. The molecule has 0 saturated heterocycles. The van der Waals surface area contributed by atoms with Gasteiger partial charge in [-0.15, -0.1) is 5.10 Å². The summed E-state index contributed by atoms with van der Waals surface area (Å²) in [7, 11) is 0. The Bertz CT molecular complexity index is 1210. The van der Waals surface area contributed by atoms with Crippen LogP contribution in [0.2, 0.25) is 5.02 Å². The molecule has 0 atom stereocenters. The van der Waals surface area contributed by atoms with Gasteiger partial charge in [0.05, 0.1) is 5.52 Å². The lowest BCUT2D eigenvalue weighted by Crippen LogP contribution is -2.02. The van der Waals surface area contributed by atoms with Crippen LogP contribution < -0.4 is 5.73 Å². The van der Waals surface area contributed by atoms with Crippen LogP contribution in [0, 0.1) is 0 Å². The second kappa shape index (κ2) is 4.69. The maximum atomic E-state index is 6.10. The molecular formula is C17H10ClN5O. The number of aromatic nitrogens is 4. The number of rotatable bonds is 1. The zero-order chi connectivity index (χ0) is 16.3. The molecule has 0 fully saturated rings. The van der Waals surface area contributed by atoms with Crippen molar-refractivity contribution in [2.75, 3.05) is 5.73 Å². The van der Waals surface area contributed by atoms with Crippen molar-refractivity contribution in [1.29, 1.82) is 0 Å². The van der Waals surface area contributed by atoms with Crippen LogP contribution in [0.25, 0.3) is 39.1 Å². The molecule has 0 amide bonds. The summed E-state index contributed by atoms with van der Waals surface area (Å²) in [5.74, 6) is 1.29. The van der Waals surface area contributed by atoms with E-state index >= 15 is 0 Å². The minimum atomic E-state index is 0.259. The van der Waals surface area contributed by atoms with E-state index in [-0.39, 0.29) is 5.95 Å². The first-order valence-electron chi connectivity index (χ1n) is 7.29. The molecular weight excluding hydrogens is 326 g/mol. The summed E-state index contributed by atoms with van der Waals surface area (Å²) in [5, 5.41) is 6.81. The van der Waals surface area contributed by atoms with E-state index < -0.39 is 0 Å². The van der Waals surface area contributed by atoms with Crippen molar-refractivity contribution < 1.29 is 4.42 Å². The van der Waals surface area contributed by atoms with Crippen LogP contribution in [0.1, 0.15) is 0 Å². The fraction of sp³-hybridized carbons (Fsp3) is 0. The Labute approximate surface area is 140 Å². The third kappa shape index (κ3) is 1.87. The van der Waals surface area contributed by atoms with E-state index in [2.05, 4.69) is 15.1 Å². The minimum absolute atomic E-state index is 0.259. The molecule has 0 bridgehead atoms. The SMILES string of the molecule is Nc1nc2ccc(Cl)cc2c2nc(-c3cc4ccccc4o3)nn12. The van der Waals surface area contributed by atoms with Gasteiger partial charge in [-0.05, 0) is 30.3 Å². The standard InChI is InChI=1S/C17H10ClN5O/c18-10-5-6-12-11(8-10)16-21-15(22-23(16)17(19)20-12)14-7-9-3-1-2-4-13(9)24-14/h1-8H,(H2,19,20). The van der Waals surface area contributed by atoms with E-state index in [1.165, 1.54) is 4.52 Å². The molecule has 0 aliphatic rings. The molecule has 0 spiro atoms. The van der Waals surface area contributed by atoms with Gasteiger partial charge in [0.2, 0.25) is 11.8 Å². The summed E-state index contributed by atoms with van der Waals surface area (Å²) >= 11 is 6.10. The average molecular weight is 336 g/mol. The van der Waals surface area contributed by atoms with Gasteiger partial charge in [0, 0.05) is 15.8 Å². The number of furan rings is 1. The Balaban J connectivity index is 1.82. The quantitative estimate of drug-likeness (QED) is 0.502. The van der Waals surface area contributed by atoms with E-state index in [1.54, 1.807) is 12.1 Å². The van der Waals surface area contributed by atoms with Crippen LogP contribution in [-0.2, 0) is 0 Å². The first-order valence-corrected chi connectivity index (χ1v) is 7.67. The second-order valence-corrected chi connectivity index (χ2v) is 5.89. The van der Waals surface area contributed by atoms with Gasteiger partial charge in [0.25, 0.3) is 0 Å². The van der Waals surface area contributed by atoms with E-state index in [0.717, 1.165) is 16.4 Å². The smallest absolute Gasteiger partial charge is 0.223 e. The van der Waals surface area contributed by atoms with Gasteiger partial charge in [-0.2, -0.15) is 4.52 Å². The number of hydrogen-bond donors (Lipinski definition) is 1. The fourth-order valence-corrected chi connectivity index (χ4v) is 2.97. The Kier molecular flexibility index (Phi) is 2.60. The van der Waals surface area contributed by atoms with Crippen molar-refractivity contribution in [3.8, 4) is 11.6 Å². The highest BCUT2D eigenvalue weighted by atomic mass is 35.5. The summed E-state index contributed by atoms with van der Waals surface area (Å²) in [6.45, 7) is 0. The monoisotopic (exact) mass is 335 g/mol. The number of nitrogens with zero attached hydrogens (tertiary/aromatic N) is 4. The highest BCUT2D eigenvalue weighted by Gasteiger charge is 2.16. The molecule has 7 heteroatoms. The van der Waals surface area contributed by atoms with Crippen LogP contribution in [0.3, 0.4) is 0 Å². The van der Waals surface area contributed by atoms with Crippen molar-refractivity contribution in [1.82, 2.24) is 19.6 Å². The molecule has 3 aromatic heterocycles. The van der Waals surface area contributed by atoms with Crippen molar-refractivity contribution >= 4 is 45.1 Å². The van der Waals surface area contributed by atoms with Gasteiger partial charge in [0.15, 0.2) is 11.4 Å². The topological polar surface area (TPSA) is 82.2 Å². The molecule has 0 unspecified atom stereocenters. The van der Waals surface area contributed by atoms with Crippen LogP contribution in [0.4, 0.5) is 5.95 Å². The zero-order valence-electron chi connectivity index (χ0n) is 12.3. The van der Waals surface area contributed by atoms with Crippen molar-refractivity contribution in [3.05, 3.63) is 53.6 Å². The van der Waals surface area contributed by atoms with Gasteiger partial charge in [-0.1, -0.05) is 29.8 Å². The third-order valence-corrected chi connectivity index (χ3v) is 4.14. The third-order valence-electron chi connectivity index (χ3n) is 3.90. The maximum Gasteiger partial charge on any atom is 0.223 e. The predicted octanol–water partition coefficient (Wildman–Crippen LogP) is 3.93. The van der Waals surface area contributed by atoms with Crippen molar-refractivity contribution in [2.24, 2.45) is 0 Å². The normalized spacial score (nSPS) is 11.7. The van der Waals surface area contributed by atoms with Crippen molar-refractivity contribution in [2.45, 2.75) is 0 Å². The van der Waals surface area contributed by atoms with Gasteiger partial charge in [-0.25, -0.2) is 9.97 Å². The van der Waals surface area contributed by atoms with E-state index in [4.69, 9.17) is 21.8 Å². The molecule has 2 aromatic carbocycles. The first kappa shape index (κ1) is 13.3. The van der Waals surface area contributed by atoms with Gasteiger partial charge >= 0.3 is 0 Å².